The van der Waals surface area contributed by atoms with Crippen molar-refractivity contribution in [3.63, 3.8) is 0 Å². The molecule has 0 unspecified atom stereocenters. The van der Waals surface area contributed by atoms with E-state index in [1.165, 1.54) is 20.3 Å². The van der Waals surface area contributed by atoms with E-state index in [-0.39, 0.29) is 5.69 Å². The van der Waals surface area contributed by atoms with Gasteiger partial charge in [0.2, 0.25) is 0 Å². The molecule has 0 atom stereocenters. The summed E-state index contributed by atoms with van der Waals surface area (Å²) in [7, 11) is 3.00. The lowest BCUT2D eigenvalue weighted by Crippen LogP contribution is -1.97. The maximum absolute atomic E-state index is 11.2. The van der Waals surface area contributed by atoms with Crippen LogP contribution in [0, 0.1) is 10.1 Å². The van der Waals surface area contributed by atoms with Crippen molar-refractivity contribution in [3.05, 3.63) is 51.5 Å². The Kier molecular flexibility index (Phi) is 4.10. The normalized spacial score (nSPS) is 10.2. The van der Waals surface area contributed by atoms with E-state index >= 15 is 0 Å². The van der Waals surface area contributed by atoms with Gasteiger partial charge in [0, 0.05) is 11.1 Å². The molecule has 0 fully saturated rings. The molecule has 0 aliphatic heterocycles. The van der Waals surface area contributed by atoms with Crippen LogP contribution in [-0.2, 0) is 0 Å². The minimum absolute atomic E-state index is 0.0969. The lowest BCUT2D eigenvalue weighted by molar-refractivity contribution is -0.384. The van der Waals surface area contributed by atoms with Crippen molar-refractivity contribution < 1.29 is 14.4 Å². The molecule has 0 aliphatic rings. The summed E-state index contributed by atoms with van der Waals surface area (Å²) >= 11 is 5.83. The van der Waals surface area contributed by atoms with E-state index < -0.39 is 4.92 Å². The standard InChI is InChI=1S/C14H12ClNO4/c1-19-12-4-3-5-13(20-2)14(12)10-7-6-9(15)8-11(10)16(17)18/h3-8H,1-2H3. The maximum Gasteiger partial charge on any atom is 0.278 e. The average Bonchev–Trinajstić information content (AvgIpc) is 2.46. The summed E-state index contributed by atoms with van der Waals surface area (Å²) in [6.45, 7) is 0. The van der Waals surface area contributed by atoms with E-state index in [1.54, 1.807) is 30.3 Å². The third kappa shape index (κ3) is 2.53. The van der Waals surface area contributed by atoms with Crippen molar-refractivity contribution in [2.24, 2.45) is 0 Å². The molecule has 0 N–H and O–H groups in total. The van der Waals surface area contributed by atoms with Crippen molar-refractivity contribution in [2.45, 2.75) is 0 Å². The van der Waals surface area contributed by atoms with Crippen LogP contribution in [0.25, 0.3) is 11.1 Å². The van der Waals surface area contributed by atoms with Gasteiger partial charge in [0.05, 0.1) is 30.3 Å². The molecule has 0 spiro atoms. The summed E-state index contributed by atoms with van der Waals surface area (Å²) in [5, 5.41) is 11.5. The van der Waals surface area contributed by atoms with Gasteiger partial charge in [-0.15, -0.1) is 0 Å². The highest BCUT2D eigenvalue weighted by Gasteiger charge is 2.22. The fourth-order valence-electron chi connectivity index (χ4n) is 1.98. The largest absolute Gasteiger partial charge is 0.496 e. The molecule has 0 aromatic heterocycles. The first kappa shape index (κ1) is 14.1. The summed E-state index contributed by atoms with van der Waals surface area (Å²) < 4.78 is 10.5. The maximum atomic E-state index is 11.2. The topological polar surface area (TPSA) is 61.6 Å². The van der Waals surface area contributed by atoms with E-state index in [4.69, 9.17) is 21.1 Å². The van der Waals surface area contributed by atoms with Crippen LogP contribution >= 0.6 is 11.6 Å². The molecule has 2 rings (SSSR count). The van der Waals surface area contributed by atoms with E-state index in [0.29, 0.717) is 27.6 Å². The summed E-state index contributed by atoms with van der Waals surface area (Å²) in [5.74, 6) is 0.990. The fourth-order valence-corrected chi connectivity index (χ4v) is 2.15. The third-order valence-electron chi connectivity index (χ3n) is 2.85. The number of hydrogen-bond acceptors (Lipinski definition) is 4. The lowest BCUT2D eigenvalue weighted by atomic mass is 10.0. The first-order valence-corrected chi connectivity index (χ1v) is 6.11. The average molecular weight is 294 g/mol. The second-order valence-electron chi connectivity index (χ2n) is 3.96. The van der Waals surface area contributed by atoms with Crippen molar-refractivity contribution in [1.29, 1.82) is 0 Å². The van der Waals surface area contributed by atoms with Gasteiger partial charge >= 0.3 is 0 Å². The van der Waals surface area contributed by atoms with Crippen LogP contribution in [0.3, 0.4) is 0 Å². The monoisotopic (exact) mass is 293 g/mol. The van der Waals surface area contributed by atoms with Crippen LogP contribution in [0.1, 0.15) is 0 Å². The molecule has 0 radical (unpaired) electrons. The van der Waals surface area contributed by atoms with E-state index in [1.807, 2.05) is 0 Å². The Morgan fingerprint density at radius 1 is 1.10 bits per heavy atom. The van der Waals surface area contributed by atoms with Crippen molar-refractivity contribution >= 4 is 17.3 Å². The second-order valence-corrected chi connectivity index (χ2v) is 4.39. The number of ether oxygens (including phenoxy) is 2. The summed E-state index contributed by atoms with van der Waals surface area (Å²) in [4.78, 5) is 10.7. The van der Waals surface area contributed by atoms with Gasteiger partial charge in [0.25, 0.3) is 5.69 Å². The zero-order valence-corrected chi connectivity index (χ0v) is 11.7. The number of methoxy groups -OCH3 is 2. The summed E-state index contributed by atoms with van der Waals surface area (Å²) in [5.41, 5.74) is 0.829. The second kappa shape index (κ2) is 5.79. The molecule has 104 valence electrons. The van der Waals surface area contributed by atoms with Gasteiger partial charge < -0.3 is 9.47 Å². The van der Waals surface area contributed by atoms with Crippen molar-refractivity contribution in [2.75, 3.05) is 14.2 Å². The van der Waals surface area contributed by atoms with Gasteiger partial charge in [0.1, 0.15) is 11.5 Å². The molecule has 0 aliphatic carbocycles. The lowest BCUT2D eigenvalue weighted by Gasteiger charge is -2.13. The van der Waals surface area contributed by atoms with Gasteiger partial charge in [-0.25, -0.2) is 0 Å². The number of rotatable bonds is 4. The molecule has 0 bridgehead atoms. The predicted octanol–water partition coefficient (Wildman–Crippen LogP) is 3.93. The number of nitrogens with zero attached hydrogens (tertiary/aromatic N) is 1. The molecule has 20 heavy (non-hydrogen) atoms. The van der Waals surface area contributed by atoms with Crippen LogP contribution in [0.5, 0.6) is 11.5 Å². The van der Waals surface area contributed by atoms with Gasteiger partial charge in [-0.05, 0) is 24.3 Å². The number of benzene rings is 2. The third-order valence-corrected chi connectivity index (χ3v) is 3.09. The smallest absolute Gasteiger partial charge is 0.278 e. The van der Waals surface area contributed by atoms with Crippen LogP contribution in [0.15, 0.2) is 36.4 Å². The van der Waals surface area contributed by atoms with Crippen molar-refractivity contribution in [1.82, 2.24) is 0 Å². The molecular formula is C14H12ClNO4. The molecule has 2 aromatic carbocycles. The molecule has 6 heteroatoms. The minimum Gasteiger partial charge on any atom is -0.496 e. The minimum atomic E-state index is -0.479. The molecule has 5 nitrogen and oxygen atoms in total. The Morgan fingerprint density at radius 3 is 2.20 bits per heavy atom. The fraction of sp³-hybridized carbons (Fsp3) is 0.143. The first-order chi connectivity index (χ1) is 9.58. The zero-order valence-electron chi connectivity index (χ0n) is 10.9. The molecule has 0 amide bonds. The molecular weight excluding hydrogens is 282 g/mol. The molecule has 0 saturated heterocycles. The Bertz CT molecular complexity index is 635. The van der Waals surface area contributed by atoms with Gasteiger partial charge in [-0.2, -0.15) is 0 Å². The van der Waals surface area contributed by atoms with Crippen LogP contribution in [0.2, 0.25) is 5.02 Å². The molecule has 0 saturated carbocycles. The van der Waals surface area contributed by atoms with E-state index in [0.717, 1.165) is 0 Å². The van der Waals surface area contributed by atoms with E-state index in [9.17, 15) is 10.1 Å². The highest BCUT2D eigenvalue weighted by atomic mass is 35.5. The van der Waals surface area contributed by atoms with E-state index in [2.05, 4.69) is 0 Å². The highest BCUT2D eigenvalue weighted by molar-refractivity contribution is 6.31. The summed E-state index contributed by atoms with van der Waals surface area (Å²) in [6, 6.07) is 9.68. The Morgan fingerprint density at radius 2 is 1.70 bits per heavy atom. The first-order valence-electron chi connectivity index (χ1n) is 5.73. The molecule has 2 aromatic rings. The number of nitro benzene ring substituents is 1. The Labute approximate surface area is 120 Å². The SMILES string of the molecule is COc1cccc(OC)c1-c1ccc(Cl)cc1[N+](=O)[O-]. The number of nitro groups is 1. The molecule has 0 heterocycles. The number of halogens is 1. The zero-order chi connectivity index (χ0) is 14.7. The highest BCUT2D eigenvalue weighted by Crippen LogP contribution is 2.43. The Balaban J connectivity index is 2.77. The quantitative estimate of drug-likeness (QED) is 0.633. The Hall–Kier alpha value is -2.27. The van der Waals surface area contributed by atoms with Gasteiger partial charge in [-0.1, -0.05) is 17.7 Å². The van der Waals surface area contributed by atoms with Crippen LogP contribution in [-0.4, -0.2) is 19.1 Å². The number of hydrogen-bond donors (Lipinski definition) is 0. The van der Waals surface area contributed by atoms with Gasteiger partial charge in [0.15, 0.2) is 0 Å². The van der Waals surface area contributed by atoms with Crippen LogP contribution in [0.4, 0.5) is 5.69 Å². The summed E-state index contributed by atoms with van der Waals surface area (Å²) in [6.07, 6.45) is 0. The van der Waals surface area contributed by atoms with Gasteiger partial charge in [-0.3, -0.25) is 10.1 Å². The van der Waals surface area contributed by atoms with Crippen molar-refractivity contribution in [3.8, 4) is 22.6 Å². The van der Waals surface area contributed by atoms with Crippen LogP contribution < -0.4 is 9.47 Å². The predicted molar refractivity (Wildman–Crippen MR) is 76.6 cm³/mol.